The van der Waals surface area contributed by atoms with Crippen LogP contribution in [0.2, 0.25) is 5.02 Å². The lowest BCUT2D eigenvalue weighted by Crippen LogP contribution is -2.50. The van der Waals surface area contributed by atoms with Crippen molar-refractivity contribution in [1.29, 1.82) is 0 Å². The topological polar surface area (TPSA) is 70.6 Å². The highest BCUT2D eigenvalue weighted by atomic mass is 35.5. The monoisotopic (exact) mass is 447 g/mol. The highest BCUT2D eigenvalue weighted by molar-refractivity contribution is 7.89. The quantitative estimate of drug-likeness (QED) is 0.616. The second-order valence-corrected chi connectivity index (χ2v) is 9.37. The first-order chi connectivity index (χ1) is 14.4. The average molecular weight is 448 g/mol. The molecule has 0 bridgehead atoms. The van der Waals surface area contributed by atoms with Gasteiger partial charge in [-0.1, -0.05) is 35.9 Å². The van der Waals surface area contributed by atoms with Crippen LogP contribution in [-0.2, 0) is 21.2 Å². The Kier molecular flexibility index (Phi) is 5.73. The number of amides is 1. The number of rotatable bonds is 4. The minimum atomic E-state index is -3.80. The molecule has 1 fully saturated rings. The Bertz CT molecular complexity index is 1210. The van der Waals surface area contributed by atoms with Crippen LogP contribution < -0.4 is 0 Å². The fourth-order valence-corrected chi connectivity index (χ4v) is 5.24. The number of nitrogens with zero attached hydrogens (tertiary/aromatic N) is 3. The van der Waals surface area contributed by atoms with Crippen LogP contribution >= 0.6 is 11.6 Å². The Hall–Kier alpha value is -2.55. The number of hydrogen-bond donors (Lipinski definition) is 0. The van der Waals surface area contributed by atoms with Crippen LogP contribution in [0, 0.1) is 5.82 Å². The predicted octanol–water partition coefficient (Wildman–Crippen LogP) is 3.10. The molecule has 0 radical (unpaired) electrons. The SMILES string of the molecule is O=C(Cc1cccc2cccnc12)N1CCN(S(=O)(=O)c2ccc(F)c(Cl)c2)CC1. The molecule has 3 aromatic rings. The molecule has 0 unspecified atom stereocenters. The van der Waals surface area contributed by atoms with E-state index in [1.54, 1.807) is 11.1 Å². The van der Waals surface area contributed by atoms with E-state index >= 15 is 0 Å². The van der Waals surface area contributed by atoms with E-state index in [2.05, 4.69) is 4.98 Å². The van der Waals surface area contributed by atoms with Crippen LogP contribution in [0.15, 0.2) is 59.6 Å². The molecule has 2 aromatic carbocycles. The van der Waals surface area contributed by atoms with Crippen molar-refractivity contribution in [3.05, 3.63) is 71.1 Å². The molecule has 0 aliphatic carbocycles. The maximum atomic E-state index is 13.4. The smallest absolute Gasteiger partial charge is 0.243 e. The normalized spacial score (nSPS) is 15.5. The first kappa shape index (κ1) is 20.7. The molecule has 0 atom stereocenters. The number of aromatic nitrogens is 1. The molecule has 2 heterocycles. The van der Waals surface area contributed by atoms with Gasteiger partial charge >= 0.3 is 0 Å². The van der Waals surface area contributed by atoms with Crippen molar-refractivity contribution in [2.24, 2.45) is 0 Å². The summed E-state index contributed by atoms with van der Waals surface area (Å²) >= 11 is 5.73. The number of hydrogen-bond acceptors (Lipinski definition) is 4. The number of piperazine rings is 1. The van der Waals surface area contributed by atoms with Gasteiger partial charge in [-0.2, -0.15) is 4.31 Å². The standard InChI is InChI=1S/C21H19ClFN3O3S/c22-18-14-17(6-7-19(18)23)30(28,29)26-11-9-25(10-12-26)20(27)13-16-4-1-3-15-5-2-8-24-21(15)16/h1-8,14H,9-13H2. The molecular weight excluding hydrogens is 429 g/mol. The Balaban J connectivity index is 1.43. The fraction of sp³-hybridized carbons (Fsp3) is 0.238. The van der Waals surface area contributed by atoms with Crippen molar-refractivity contribution >= 4 is 38.4 Å². The molecule has 1 amide bonds. The van der Waals surface area contributed by atoms with Crippen molar-refractivity contribution in [3.63, 3.8) is 0 Å². The third-order valence-electron chi connectivity index (χ3n) is 5.18. The van der Waals surface area contributed by atoms with E-state index in [4.69, 9.17) is 11.6 Å². The third kappa shape index (κ3) is 4.03. The molecule has 9 heteroatoms. The number of halogens is 2. The summed E-state index contributed by atoms with van der Waals surface area (Å²) in [4.78, 5) is 18.8. The Labute approximate surface area is 178 Å². The van der Waals surface area contributed by atoms with Crippen LogP contribution in [0.25, 0.3) is 10.9 Å². The summed E-state index contributed by atoms with van der Waals surface area (Å²) in [6, 6.07) is 12.9. The Morgan fingerprint density at radius 2 is 1.80 bits per heavy atom. The summed E-state index contributed by atoms with van der Waals surface area (Å²) < 4.78 is 40.2. The van der Waals surface area contributed by atoms with Crippen molar-refractivity contribution < 1.29 is 17.6 Å². The number of pyridine rings is 1. The predicted molar refractivity (Wildman–Crippen MR) is 112 cm³/mol. The number of benzene rings is 2. The summed E-state index contributed by atoms with van der Waals surface area (Å²) in [5, 5.41) is 0.727. The lowest BCUT2D eigenvalue weighted by Gasteiger charge is -2.34. The summed E-state index contributed by atoms with van der Waals surface area (Å²) in [6.07, 6.45) is 1.90. The van der Waals surface area contributed by atoms with Gasteiger partial charge in [0.15, 0.2) is 0 Å². The molecule has 0 N–H and O–H groups in total. The van der Waals surface area contributed by atoms with Crippen LogP contribution in [0.3, 0.4) is 0 Å². The summed E-state index contributed by atoms with van der Waals surface area (Å²) in [5.41, 5.74) is 1.64. The van der Waals surface area contributed by atoms with Gasteiger partial charge in [-0.3, -0.25) is 9.78 Å². The molecule has 156 valence electrons. The third-order valence-corrected chi connectivity index (χ3v) is 7.36. The molecule has 0 spiro atoms. The number of sulfonamides is 1. The van der Waals surface area contributed by atoms with E-state index in [0.717, 1.165) is 28.6 Å². The van der Waals surface area contributed by atoms with Crippen LogP contribution in [0.1, 0.15) is 5.56 Å². The molecule has 1 saturated heterocycles. The number of carbonyl (C=O) groups is 1. The Morgan fingerprint density at radius 3 is 2.53 bits per heavy atom. The van der Waals surface area contributed by atoms with Crippen LogP contribution in [0.5, 0.6) is 0 Å². The van der Waals surface area contributed by atoms with Gasteiger partial charge in [0.1, 0.15) is 5.82 Å². The first-order valence-electron chi connectivity index (χ1n) is 9.42. The summed E-state index contributed by atoms with van der Waals surface area (Å²) in [6.45, 7) is 0.893. The summed E-state index contributed by atoms with van der Waals surface area (Å²) in [5.74, 6) is -0.746. The van der Waals surface area contributed by atoms with Crippen molar-refractivity contribution in [1.82, 2.24) is 14.2 Å². The lowest BCUT2D eigenvalue weighted by molar-refractivity contribution is -0.131. The van der Waals surface area contributed by atoms with Gasteiger partial charge in [0.05, 0.1) is 21.9 Å². The highest BCUT2D eigenvalue weighted by Crippen LogP contribution is 2.23. The molecule has 6 nitrogen and oxygen atoms in total. The average Bonchev–Trinajstić information content (AvgIpc) is 2.76. The second-order valence-electron chi connectivity index (χ2n) is 7.03. The van der Waals surface area contributed by atoms with Gasteiger partial charge in [-0.15, -0.1) is 0 Å². The maximum absolute atomic E-state index is 13.4. The van der Waals surface area contributed by atoms with Gasteiger partial charge in [-0.25, -0.2) is 12.8 Å². The zero-order chi connectivity index (χ0) is 21.3. The van der Waals surface area contributed by atoms with Gasteiger partial charge in [-0.05, 0) is 29.8 Å². The molecule has 1 aromatic heterocycles. The second kappa shape index (κ2) is 8.29. The molecule has 1 aliphatic rings. The minimum Gasteiger partial charge on any atom is -0.340 e. The maximum Gasteiger partial charge on any atom is 0.243 e. The first-order valence-corrected chi connectivity index (χ1v) is 11.2. The van der Waals surface area contributed by atoms with Gasteiger partial charge in [0.2, 0.25) is 15.9 Å². The lowest BCUT2D eigenvalue weighted by atomic mass is 10.1. The van der Waals surface area contributed by atoms with E-state index in [0.29, 0.717) is 0 Å². The van der Waals surface area contributed by atoms with E-state index in [-0.39, 0.29) is 48.4 Å². The number of fused-ring (bicyclic) bond motifs is 1. The summed E-state index contributed by atoms with van der Waals surface area (Å²) in [7, 11) is -3.80. The van der Waals surface area contributed by atoms with E-state index < -0.39 is 15.8 Å². The van der Waals surface area contributed by atoms with Gasteiger partial charge in [0.25, 0.3) is 0 Å². The fourth-order valence-electron chi connectivity index (χ4n) is 3.55. The van der Waals surface area contributed by atoms with Crippen molar-refractivity contribution in [2.75, 3.05) is 26.2 Å². The minimum absolute atomic E-state index is 0.0597. The molecule has 0 saturated carbocycles. The zero-order valence-corrected chi connectivity index (χ0v) is 17.5. The molecule has 4 rings (SSSR count). The van der Waals surface area contributed by atoms with Crippen LogP contribution in [-0.4, -0.2) is 54.7 Å². The van der Waals surface area contributed by atoms with E-state index in [1.807, 2.05) is 30.3 Å². The van der Waals surface area contributed by atoms with Crippen molar-refractivity contribution in [3.8, 4) is 0 Å². The van der Waals surface area contributed by atoms with Gasteiger partial charge < -0.3 is 4.90 Å². The largest absolute Gasteiger partial charge is 0.340 e. The zero-order valence-electron chi connectivity index (χ0n) is 16.0. The van der Waals surface area contributed by atoms with E-state index in [9.17, 15) is 17.6 Å². The van der Waals surface area contributed by atoms with E-state index in [1.165, 1.54) is 10.4 Å². The highest BCUT2D eigenvalue weighted by Gasteiger charge is 2.30. The number of para-hydroxylation sites is 1. The number of carbonyl (C=O) groups excluding carboxylic acids is 1. The van der Waals surface area contributed by atoms with Crippen molar-refractivity contribution in [2.45, 2.75) is 11.3 Å². The molecule has 1 aliphatic heterocycles. The molecular formula is C21H19ClFN3O3S. The Morgan fingerprint density at radius 1 is 1.07 bits per heavy atom. The van der Waals surface area contributed by atoms with Crippen LogP contribution in [0.4, 0.5) is 4.39 Å². The molecule has 30 heavy (non-hydrogen) atoms. The van der Waals surface area contributed by atoms with Gasteiger partial charge in [0, 0.05) is 37.8 Å².